The fourth-order valence-electron chi connectivity index (χ4n) is 1.91. The minimum Gasteiger partial charge on any atom is -0.286 e. The van der Waals surface area contributed by atoms with Gasteiger partial charge in [-0.1, -0.05) is 0 Å². The highest BCUT2D eigenvalue weighted by atomic mass is 19.4. The standard InChI is InChI=1S/C12H2F10N2O2/c13-2-1-3(14)6(16)7(5(2)15)24-10(26)4(9(25)12(20,21)22)8(23-24)11(17,18)19/h1,23H. The van der Waals surface area contributed by atoms with E-state index in [9.17, 15) is 53.5 Å². The van der Waals surface area contributed by atoms with E-state index in [0.717, 1.165) is 5.10 Å². The number of rotatable bonds is 2. The molecule has 1 heterocycles. The van der Waals surface area contributed by atoms with Crippen LogP contribution in [0.4, 0.5) is 43.9 Å². The molecule has 2 rings (SSSR count). The first-order valence-electron chi connectivity index (χ1n) is 6.05. The number of H-pyrrole nitrogens is 1. The molecular formula is C12H2F10N2O2. The molecule has 0 fully saturated rings. The number of hydrogen-bond donors (Lipinski definition) is 1. The van der Waals surface area contributed by atoms with Gasteiger partial charge in [0.1, 0.15) is 11.3 Å². The lowest BCUT2D eigenvalue weighted by atomic mass is 10.1. The summed E-state index contributed by atoms with van der Waals surface area (Å²) in [7, 11) is 0. The molecule has 0 aliphatic rings. The number of Topliss-reactive ketones (excluding diaryl/α,β-unsaturated/α-hetero) is 1. The molecule has 1 aromatic heterocycles. The monoisotopic (exact) mass is 396 g/mol. The highest BCUT2D eigenvalue weighted by Gasteiger charge is 2.49. The molecule has 0 bridgehead atoms. The first-order chi connectivity index (χ1) is 11.7. The van der Waals surface area contributed by atoms with Crippen molar-refractivity contribution in [2.24, 2.45) is 0 Å². The quantitative estimate of drug-likeness (QED) is 0.480. The Balaban J connectivity index is 2.94. The van der Waals surface area contributed by atoms with Crippen LogP contribution in [-0.4, -0.2) is 21.7 Å². The molecule has 1 N–H and O–H groups in total. The molecule has 2 aromatic rings. The van der Waals surface area contributed by atoms with E-state index in [2.05, 4.69) is 0 Å². The summed E-state index contributed by atoms with van der Waals surface area (Å²) in [6.45, 7) is 0. The summed E-state index contributed by atoms with van der Waals surface area (Å²) in [6.07, 6.45) is -11.7. The summed E-state index contributed by atoms with van der Waals surface area (Å²) in [5.74, 6) is -12.4. The second kappa shape index (κ2) is 5.88. The van der Waals surface area contributed by atoms with Crippen LogP contribution in [0.15, 0.2) is 10.9 Å². The van der Waals surface area contributed by atoms with Crippen molar-refractivity contribution < 1.29 is 48.7 Å². The van der Waals surface area contributed by atoms with E-state index in [1.54, 1.807) is 0 Å². The second-order valence-corrected chi connectivity index (χ2v) is 4.64. The maximum Gasteiger partial charge on any atom is 0.455 e. The lowest BCUT2D eigenvalue weighted by Crippen LogP contribution is -2.31. The van der Waals surface area contributed by atoms with Crippen LogP contribution < -0.4 is 5.56 Å². The maximum absolute atomic E-state index is 13.6. The Morgan fingerprint density at radius 2 is 1.38 bits per heavy atom. The predicted octanol–water partition coefficient (Wildman–Crippen LogP) is 3.49. The molecule has 0 radical (unpaired) electrons. The van der Waals surface area contributed by atoms with Crippen LogP contribution in [0.5, 0.6) is 0 Å². The fraction of sp³-hybridized carbons (Fsp3) is 0.167. The van der Waals surface area contributed by atoms with E-state index in [1.165, 1.54) is 0 Å². The third-order valence-corrected chi connectivity index (χ3v) is 2.97. The van der Waals surface area contributed by atoms with Crippen LogP contribution in [0.2, 0.25) is 0 Å². The number of alkyl halides is 6. The Kier molecular flexibility index (Phi) is 4.41. The number of halogens is 10. The molecular weight excluding hydrogens is 394 g/mol. The van der Waals surface area contributed by atoms with Crippen LogP contribution in [-0.2, 0) is 6.18 Å². The molecule has 0 saturated heterocycles. The first-order valence-corrected chi connectivity index (χ1v) is 6.05. The number of hydrogen-bond acceptors (Lipinski definition) is 2. The van der Waals surface area contributed by atoms with Gasteiger partial charge in [0, 0.05) is 6.07 Å². The van der Waals surface area contributed by atoms with Crippen LogP contribution in [0.3, 0.4) is 0 Å². The first kappa shape index (κ1) is 19.5. The minimum absolute atomic E-state index is 0.353. The van der Waals surface area contributed by atoms with E-state index in [1.807, 2.05) is 0 Å². The Hall–Kier alpha value is -2.80. The number of nitrogens with zero attached hydrogens (tertiary/aromatic N) is 1. The van der Waals surface area contributed by atoms with Gasteiger partial charge in [-0.25, -0.2) is 22.2 Å². The van der Waals surface area contributed by atoms with E-state index < -0.39 is 68.6 Å². The van der Waals surface area contributed by atoms with Crippen molar-refractivity contribution in [3.63, 3.8) is 0 Å². The molecule has 14 heteroatoms. The molecule has 0 aliphatic carbocycles. The van der Waals surface area contributed by atoms with Crippen molar-refractivity contribution in [3.8, 4) is 5.69 Å². The van der Waals surface area contributed by atoms with Crippen molar-refractivity contribution in [2.45, 2.75) is 12.4 Å². The number of ketones is 1. The summed E-state index contributed by atoms with van der Waals surface area (Å²) in [5, 5.41) is 0.840. The zero-order valence-corrected chi connectivity index (χ0v) is 11.6. The van der Waals surface area contributed by atoms with Gasteiger partial charge in [0.2, 0.25) is 0 Å². The number of aromatic nitrogens is 2. The Bertz CT molecular complexity index is 925. The van der Waals surface area contributed by atoms with E-state index >= 15 is 0 Å². The molecule has 142 valence electrons. The SMILES string of the molecule is O=C(c1c(C(F)(F)F)[nH]n(-c2c(F)c(F)cc(F)c2F)c1=O)C(F)(F)F. The topological polar surface area (TPSA) is 54.9 Å². The van der Waals surface area contributed by atoms with Crippen molar-refractivity contribution in [2.75, 3.05) is 0 Å². The second-order valence-electron chi connectivity index (χ2n) is 4.64. The summed E-state index contributed by atoms with van der Waals surface area (Å²) in [6, 6.07) is -0.353. The van der Waals surface area contributed by atoms with E-state index in [0.29, 0.717) is 0 Å². The average Bonchev–Trinajstić information content (AvgIpc) is 2.81. The normalized spacial score (nSPS) is 12.5. The Morgan fingerprint density at radius 3 is 1.77 bits per heavy atom. The predicted molar refractivity (Wildman–Crippen MR) is 61.6 cm³/mol. The molecule has 0 atom stereocenters. The van der Waals surface area contributed by atoms with Gasteiger partial charge >= 0.3 is 12.4 Å². The molecule has 0 saturated carbocycles. The Morgan fingerprint density at radius 1 is 0.923 bits per heavy atom. The van der Waals surface area contributed by atoms with Gasteiger partial charge < -0.3 is 0 Å². The summed E-state index contributed by atoms with van der Waals surface area (Å²) in [4.78, 5) is 22.9. The number of aromatic amines is 1. The molecule has 0 amide bonds. The van der Waals surface area contributed by atoms with Crippen molar-refractivity contribution in [1.82, 2.24) is 9.78 Å². The van der Waals surface area contributed by atoms with Crippen molar-refractivity contribution in [1.29, 1.82) is 0 Å². The molecule has 0 aliphatic heterocycles. The Labute approximate surface area is 134 Å². The molecule has 0 spiro atoms. The highest BCUT2D eigenvalue weighted by molar-refractivity contribution is 6.01. The minimum atomic E-state index is -5.95. The largest absolute Gasteiger partial charge is 0.455 e. The maximum atomic E-state index is 13.6. The van der Waals surface area contributed by atoms with Crippen molar-refractivity contribution in [3.05, 3.63) is 50.9 Å². The zero-order valence-electron chi connectivity index (χ0n) is 11.6. The summed E-state index contributed by atoms with van der Waals surface area (Å²) < 4.78 is 128. The van der Waals surface area contributed by atoms with Gasteiger partial charge in [-0.05, 0) is 0 Å². The van der Waals surface area contributed by atoms with Gasteiger partial charge in [-0.3, -0.25) is 14.7 Å². The fourth-order valence-corrected chi connectivity index (χ4v) is 1.91. The number of carbonyl (C=O) groups is 1. The average molecular weight is 396 g/mol. The van der Waals surface area contributed by atoms with Crippen LogP contribution in [0, 0.1) is 23.3 Å². The lowest BCUT2D eigenvalue weighted by molar-refractivity contribution is -0.142. The van der Waals surface area contributed by atoms with Crippen LogP contribution in [0.1, 0.15) is 16.1 Å². The zero-order chi connectivity index (χ0) is 20.2. The van der Waals surface area contributed by atoms with Crippen LogP contribution in [0.25, 0.3) is 5.69 Å². The van der Waals surface area contributed by atoms with Crippen LogP contribution >= 0.6 is 0 Å². The molecule has 4 nitrogen and oxygen atoms in total. The number of nitrogens with one attached hydrogen (secondary N) is 1. The van der Waals surface area contributed by atoms with Gasteiger partial charge in [0.25, 0.3) is 11.3 Å². The summed E-state index contributed by atoms with van der Waals surface area (Å²) in [5.41, 5.74) is -9.76. The highest BCUT2D eigenvalue weighted by Crippen LogP contribution is 2.33. The summed E-state index contributed by atoms with van der Waals surface area (Å²) >= 11 is 0. The third kappa shape index (κ3) is 3.06. The molecule has 0 unspecified atom stereocenters. The molecule has 1 aromatic carbocycles. The van der Waals surface area contributed by atoms with Crippen molar-refractivity contribution >= 4 is 5.78 Å². The number of carbonyl (C=O) groups excluding carboxylic acids is 1. The third-order valence-electron chi connectivity index (χ3n) is 2.97. The van der Waals surface area contributed by atoms with E-state index in [4.69, 9.17) is 0 Å². The van der Waals surface area contributed by atoms with Gasteiger partial charge in [-0.2, -0.15) is 26.3 Å². The number of benzene rings is 1. The van der Waals surface area contributed by atoms with Gasteiger partial charge in [0.15, 0.2) is 29.0 Å². The smallest absolute Gasteiger partial charge is 0.286 e. The van der Waals surface area contributed by atoms with Gasteiger partial charge in [-0.15, -0.1) is 0 Å². The van der Waals surface area contributed by atoms with E-state index in [-0.39, 0.29) is 6.07 Å². The lowest BCUT2D eigenvalue weighted by Gasteiger charge is -2.08. The molecule has 26 heavy (non-hydrogen) atoms. The van der Waals surface area contributed by atoms with Gasteiger partial charge in [0.05, 0.1) is 0 Å².